The second-order valence-electron chi connectivity index (χ2n) is 2.95. The van der Waals surface area contributed by atoms with Crippen molar-refractivity contribution in [2.45, 2.75) is 0 Å². The van der Waals surface area contributed by atoms with Gasteiger partial charge in [-0.1, -0.05) is 11.3 Å². The number of imidazole rings is 1. The topological polar surface area (TPSA) is 70.2 Å². The summed E-state index contributed by atoms with van der Waals surface area (Å²) in [6, 6.07) is 5.84. The molecule has 0 unspecified atom stereocenters. The summed E-state index contributed by atoms with van der Waals surface area (Å²) in [5, 5.41) is 10.6. The van der Waals surface area contributed by atoms with Crippen molar-refractivity contribution in [3.63, 3.8) is 0 Å². The summed E-state index contributed by atoms with van der Waals surface area (Å²) in [4.78, 5) is 7.22. The number of hydrogen-bond acceptors (Lipinski definition) is 3. The van der Waals surface area contributed by atoms with Crippen molar-refractivity contribution < 1.29 is 0 Å². The lowest BCUT2D eigenvalue weighted by Gasteiger charge is -1.95. The predicted octanol–water partition coefficient (Wildman–Crippen LogP) is 1.35. The van der Waals surface area contributed by atoms with Gasteiger partial charge in [0.15, 0.2) is 0 Å². The van der Waals surface area contributed by atoms with Crippen LogP contribution in [0.3, 0.4) is 0 Å². The number of nitrogens with one attached hydrogen (secondary N) is 2. The number of nitrogens with zero attached hydrogens (tertiary/aromatic N) is 3. The van der Waals surface area contributed by atoms with E-state index in [0.717, 1.165) is 22.4 Å². The van der Waals surface area contributed by atoms with Crippen molar-refractivity contribution in [3.8, 4) is 11.4 Å². The van der Waals surface area contributed by atoms with Crippen LogP contribution in [0.25, 0.3) is 22.4 Å². The van der Waals surface area contributed by atoms with Crippen molar-refractivity contribution in [2.24, 2.45) is 0 Å². The number of rotatable bonds is 1. The second-order valence-corrected chi connectivity index (χ2v) is 2.95. The molecule has 0 atom stereocenters. The molecule has 0 spiro atoms. The summed E-state index contributed by atoms with van der Waals surface area (Å²) in [6.07, 6.45) is 3.50. The number of aromatic nitrogens is 5. The van der Waals surface area contributed by atoms with Crippen molar-refractivity contribution >= 4 is 11.0 Å². The first-order valence-corrected chi connectivity index (χ1v) is 4.25. The molecule has 68 valence electrons. The van der Waals surface area contributed by atoms with E-state index in [4.69, 9.17) is 0 Å². The van der Waals surface area contributed by atoms with Gasteiger partial charge in [0.1, 0.15) is 11.3 Å². The molecule has 0 aliphatic heterocycles. The van der Waals surface area contributed by atoms with Gasteiger partial charge in [-0.05, 0) is 12.1 Å². The molecule has 0 radical (unpaired) electrons. The van der Waals surface area contributed by atoms with Crippen LogP contribution in [0.5, 0.6) is 0 Å². The minimum absolute atomic E-state index is 0.810. The van der Waals surface area contributed by atoms with Crippen LogP contribution in [-0.2, 0) is 0 Å². The Hall–Kier alpha value is -2.17. The lowest BCUT2D eigenvalue weighted by molar-refractivity contribution is 0.959. The normalized spacial score (nSPS) is 10.9. The molecule has 2 heterocycles. The molecule has 0 fully saturated rings. The molecule has 0 aliphatic carbocycles. The average molecular weight is 185 g/mol. The lowest BCUT2D eigenvalue weighted by Crippen LogP contribution is -1.82. The quantitative estimate of drug-likeness (QED) is 0.601. The van der Waals surface area contributed by atoms with E-state index in [1.807, 2.05) is 18.2 Å². The molecule has 0 saturated carbocycles. The van der Waals surface area contributed by atoms with Gasteiger partial charge in [0.2, 0.25) is 0 Å². The lowest BCUT2D eigenvalue weighted by atomic mass is 10.2. The highest BCUT2D eigenvalue weighted by Crippen LogP contribution is 2.22. The van der Waals surface area contributed by atoms with E-state index < -0.39 is 0 Å². The Morgan fingerprint density at radius 1 is 1.21 bits per heavy atom. The molecule has 5 nitrogen and oxygen atoms in total. The highest BCUT2D eigenvalue weighted by Gasteiger charge is 2.07. The first-order valence-electron chi connectivity index (χ1n) is 4.25. The summed E-state index contributed by atoms with van der Waals surface area (Å²) in [5.74, 6) is 0.810. The predicted molar refractivity (Wildman–Crippen MR) is 51.5 cm³/mol. The molecule has 0 bridgehead atoms. The largest absolute Gasteiger partial charge is 0.345 e. The van der Waals surface area contributed by atoms with E-state index in [9.17, 15) is 0 Å². The molecule has 3 rings (SSSR count). The minimum Gasteiger partial charge on any atom is -0.345 e. The third-order valence-corrected chi connectivity index (χ3v) is 2.11. The van der Waals surface area contributed by atoms with E-state index in [1.165, 1.54) is 0 Å². The Morgan fingerprint density at radius 2 is 2.21 bits per heavy atom. The maximum absolute atomic E-state index is 4.18. The zero-order valence-corrected chi connectivity index (χ0v) is 7.23. The molecular formula is C9H7N5. The van der Waals surface area contributed by atoms with Crippen LogP contribution in [0.15, 0.2) is 30.6 Å². The summed E-state index contributed by atoms with van der Waals surface area (Å²) in [5.41, 5.74) is 2.71. The average Bonchev–Trinajstić information content (AvgIpc) is 2.88. The maximum atomic E-state index is 4.18. The number of benzene rings is 1. The van der Waals surface area contributed by atoms with Gasteiger partial charge >= 0.3 is 0 Å². The minimum atomic E-state index is 0.810. The van der Waals surface area contributed by atoms with Crippen molar-refractivity contribution in [1.82, 2.24) is 25.4 Å². The third kappa shape index (κ3) is 0.922. The maximum Gasteiger partial charge on any atom is 0.139 e. The number of aromatic amines is 2. The molecule has 0 saturated heterocycles. The third-order valence-electron chi connectivity index (χ3n) is 2.11. The van der Waals surface area contributed by atoms with Crippen LogP contribution >= 0.6 is 0 Å². The second kappa shape index (κ2) is 2.66. The zero-order chi connectivity index (χ0) is 9.38. The van der Waals surface area contributed by atoms with Gasteiger partial charge in [0.25, 0.3) is 0 Å². The van der Waals surface area contributed by atoms with E-state index >= 15 is 0 Å². The van der Waals surface area contributed by atoms with Crippen LogP contribution in [-0.4, -0.2) is 25.4 Å². The fourth-order valence-corrected chi connectivity index (χ4v) is 1.47. The van der Waals surface area contributed by atoms with Gasteiger partial charge in [-0.3, -0.25) is 5.10 Å². The zero-order valence-electron chi connectivity index (χ0n) is 7.23. The molecule has 0 amide bonds. The van der Waals surface area contributed by atoms with Gasteiger partial charge < -0.3 is 4.98 Å². The van der Waals surface area contributed by atoms with E-state index in [0.29, 0.717) is 0 Å². The SMILES string of the molecule is c1cc(-c2ncc[nH]2)c2nn[nH]c2c1. The molecule has 0 aliphatic rings. The first kappa shape index (κ1) is 7.25. The summed E-state index contributed by atoms with van der Waals surface area (Å²) >= 11 is 0. The Balaban J connectivity index is 2.36. The summed E-state index contributed by atoms with van der Waals surface area (Å²) in [6.45, 7) is 0. The highest BCUT2D eigenvalue weighted by molar-refractivity contribution is 5.88. The molecule has 3 aromatic rings. The molecule has 14 heavy (non-hydrogen) atoms. The van der Waals surface area contributed by atoms with Crippen molar-refractivity contribution in [3.05, 3.63) is 30.6 Å². The number of hydrogen-bond donors (Lipinski definition) is 2. The first-order chi connectivity index (χ1) is 6.95. The Morgan fingerprint density at radius 3 is 3.07 bits per heavy atom. The van der Waals surface area contributed by atoms with Crippen LogP contribution in [0.2, 0.25) is 0 Å². The molecular weight excluding hydrogens is 178 g/mol. The van der Waals surface area contributed by atoms with E-state index in [2.05, 4.69) is 25.4 Å². The van der Waals surface area contributed by atoms with Gasteiger partial charge in [-0.15, -0.1) is 5.10 Å². The fourth-order valence-electron chi connectivity index (χ4n) is 1.47. The number of H-pyrrole nitrogens is 2. The van der Waals surface area contributed by atoms with Crippen molar-refractivity contribution in [2.75, 3.05) is 0 Å². The van der Waals surface area contributed by atoms with Crippen LogP contribution in [0.4, 0.5) is 0 Å². The Labute approximate surface area is 79.2 Å². The van der Waals surface area contributed by atoms with Gasteiger partial charge in [-0.2, -0.15) is 0 Å². The van der Waals surface area contributed by atoms with E-state index in [1.54, 1.807) is 12.4 Å². The van der Waals surface area contributed by atoms with Crippen LogP contribution in [0.1, 0.15) is 0 Å². The molecule has 1 aromatic carbocycles. The molecule has 5 heteroatoms. The summed E-state index contributed by atoms with van der Waals surface area (Å²) < 4.78 is 0. The number of fused-ring (bicyclic) bond motifs is 1. The van der Waals surface area contributed by atoms with Gasteiger partial charge in [0, 0.05) is 18.0 Å². The van der Waals surface area contributed by atoms with E-state index in [-0.39, 0.29) is 0 Å². The van der Waals surface area contributed by atoms with Gasteiger partial charge in [0.05, 0.1) is 5.52 Å². The summed E-state index contributed by atoms with van der Waals surface area (Å²) in [7, 11) is 0. The van der Waals surface area contributed by atoms with Crippen LogP contribution in [0, 0.1) is 0 Å². The molecule has 2 N–H and O–H groups in total. The van der Waals surface area contributed by atoms with Crippen LogP contribution < -0.4 is 0 Å². The Bertz CT molecular complexity index is 551. The standard InChI is InChI=1S/C9H7N5/c1-2-6(9-10-4-5-11-9)8-7(3-1)12-14-13-8/h1-5H,(H,10,11)(H,12,13,14). The Kier molecular flexibility index (Phi) is 1.38. The smallest absolute Gasteiger partial charge is 0.139 e. The fraction of sp³-hybridized carbons (Fsp3) is 0. The molecule has 2 aromatic heterocycles. The van der Waals surface area contributed by atoms with Crippen molar-refractivity contribution in [1.29, 1.82) is 0 Å². The highest BCUT2D eigenvalue weighted by atomic mass is 15.3. The van der Waals surface area contributed by atoms with Gasteiger partial charge in [-0.25, -0.2) is 4.98 Å². The monoisotopic (exact) mass is 185 g/mol.